The first-order valence-corrected chi connectivity index (χ1v) is 44.4. The average Bonchev–Trinajstić information content (AvgIpc) is 0.697. The van der Waals surface area contributed by atoms with Gasteiger partial charge in [0.05, 0.1) is 21.7 Å². The molecule has 2 nitrogen and oxygen atoms in total. The largest absolute Gasteiger partial charge is 0.298 e. The third-order valence-electron chi connectivity index (χ3n) is 31.0. The fraction of sp³-hybridized carbons (Fsp3) is 0.978. The van der Waals surface area contributed by atoms with E-state index < -0.39 is 34.0 Å². The molecule has 0 aromatic heterocycles. The second-order valence-electron chi connectivity index (χ2n) is 36.8. The Hall–Kier alpha value is -0.800. The lowest BCUT2D eigenvalue weighted by molar-refractivity contribution is -0.195. The van der Waals surface area contributed by atoms with Crippen molar-refractivity contribution in [1.82, 2.24) is 0 Å². The van der Waals surface area contributed by atoms with Crippen LogP contribution in [-0.4, -0.2) is 23.9 Å². The van der Waals surface area contributed by atoms with Gasteiger partial charge in [0.1, 0.15) is 12.3 Å². The van der Waals surface area contributed by atoms with E-state index in [-0.39, 0.29) is 0 Å². The number of rotatable bonds is 38. The van der Waals surface area contributed by atoms with Gasteiger partial charge in [-0.05, 0) is 225 Å². The van der Waals surface area contributed by atoms with Crippen molar-refractivity contribution in [2.45, 2.75) is 464 Å². The monoisotopic (exact) mass is 1310 g/mol. The molecular weight excluding hydrogens is 1150 g/mol. The summed E-state index contributed by atoms with van der Waals surface area (Å²) in [4.78, 5) is 27.9. The van der Waals surface area contributed by atoms with Gasteiger partial charge < -0.3 is 0 Å². The molecule has 544 valence electrons. The van der Waals surface area contributed by atoms with E-state index in [1.54, 1.807) is 0 Å². The Morgan fingerprint density at radius 1 is 0.223 bits per heavy atom. The summed E-state index contributed by atoms with van der Waals surface area (Å²) >= 11 is 0. The van der Waals surface area contributed by atoms with E-state index >= 15 is 8.78 Å². The van der Waals surface area contributed by atoms with E-state index in [9.17, 15) is 9.59 Å². The van der Waals surface area contributed by atoms with Crippen LogP contribution in [0.3, 0.4) is 0 Å². The number of carbonyl (C=O) groups excluding carboxylic acids is 2. The van der Waals surface area contributed by atoms with Crippen molar-refractivity contribution in [3.63, 3.8) is 0 Å². The summed E-state index contributed by atoms with van der Waals surface area (Å²) in [5.41, 5.74) is -2.31. The minimum Gasteiger partial charge on any atom is -0.298 e. The lowest BCUT2D eigenvalue weighted by Gasteiger charge is -2.62. The molecule has 0 unspecified atom stereocenters. The van der Waals surface area contributed by atoms with Gasteiger partial charge in [-0.15, -0.1) is 0 Å². The van der Waals surface area contributed by atoms with Crippen LogP contribution in [0, 0.1) is 92.7 Å². The predicted octanol–water partition coefficient (Wildman–Crippen LogP) is 29.1. The van der Waals surface area contributed by atoms with Crippen molar-refractivity contribution in [2.75, 3.05) is 0 Å². The number of carbonyl (C=O) groups is 2. The first kappa shape index (κ1) is 77.4. The Balaban J connectivity index is 0.000000222. The first-order valence-electron chi connectivity index (χ1n) is 44.4. The Labute approximate surface area is 583 Å². The van der Waals surface area contributed by atoms with Gasteiger partial charge in [0, 0.05) is 0 Å². The SMILES string of the molecule is CCCCCCCCCC1CCC(C2CCC3(CC2)C(=O)C2(CCC(C4CCC(CCCCCCCCC)CC4)CC2)C3F)CC1.CCCCCCCCCCC1CCC(C2CCC3(CC2)C(=O)C2(CCC(C4CCC(CCCCCCCCCC)CC4)CC2)C3F)CC1. The molecule has 0 N–H and O–H groups in total. The van der Waals surface area contributed by atoms with E-state index in [0.29, 0.717) is 11.6 Å². The van der Waals surface area contributed by atoms with E-state index in [0.717, 1.165) is 174 Å². The summed E-state index contributed by atoms with van der Waals surface area (Å²) in [5, 5.41) is 0. The fourth-order valence-electron chi connectivity index (χ4n) is 24.5. The summed E-state index contributed by atoms with van der Waals surface area (Å²) in [5.74, 6) is 11.1. The molecular formula is C90H158F2O2. The third-order valence-corrected chi connectivity index (χ3v) is 31.0. The maximum absolute atomic E-state index is 16.4. The zero-order valence-corrected chi connectivity index (χ0v) is 63.3. The first-order chi connectivity index (χ1) is 46.0. The van der Waals surface area contributed by atoms with Gasteiger partial charge in [0.25, 0.3) is 0 Å². The molecule has 4 spiro atoms. The van der Waals surface area contributed by atoms with E-state index in [1.165, 1.54) is 321 Å². The maximum atomic E-state index is 16.4. The van der Waals surface area contributed by atoms with E-state index in [1.807, 2.05) is 0 Å². The molecule has 0 heterocycles. The highest BCUT2D eigenvalue weighted by atomic mass is 19.1. The molecule has 10 rings (SSSR count). The second kappa shape index (κ2) is 40.7. The Kier molecular flexibility index (Phi) is 33.5. The molecule has 4 heteroatoms. The van der Waals surface area contributed by atoms with Crippen LogP contribution in [0.4, 0.5) is 8.78 Å². The van der Waals surface area contributed by atoms with Gasteiger partial charge >= 0.3 is 0 Å². The van der Waals surface area contributed by atoms with Crippen molar-refractivity contribution in [2.24, 2.45) is 92.7 Å². The number of halogens is 2. The molecule has 0 radical (unpaired) electrons. The van der Waals surface area contributed by atoms with Crippen molar-refractivity contribution in [3.8, 4) is 0 Å². The quantitative estimate of drug-likeness (QED) is 0.0578. The van der Waals surface area contributed by atoms with Gasteiger partial charge in [-0.1, -0.05) is 297 Å². The molecule has 10 fully saturated rings. The number of Topliss-reactive ketones (excluding diaryl/α,β-unsaturated/α-hetero) is 2. The van der Waals surface area contributed by atoms with Crippen molar-refractivity contribution in [1.29, 1.82) is 0 Å². The van der Waals surface area contributed by atoms with Gasteiger partial charge in [-0.2, -0.15) is 0 Å². The average molecular weight is 1310 g/mol. The van der Waals surface area contributed by atoms with Crippen LogP contribution in [0.25, 0.3) is 0 Å². The molecule has 10 aliphatic rings. The van der Waals surface area contributed by atoms with Crippen LogP contribution in [0.5, 0.6) is 0 Å². The number of ketones is 2. The lowest BCUT2D eigenvalue weighted by atomic mass is 9.41. The molecule has 0 atom stereocenters. The number of unbranched alkanes of at least 4 members (excludes halogenated alkanes) is 26. The van der Waals surface area contributed by atoms with Crippen molar-refractivity contribution in [3.05, 3.63) is 0 Å². The molecule has 0 bridgehead atoms. The van der Waals surface area contributed by atoms with Gasteiger partial charge in [0.2, 0.25) is 0 Å². The molecule has 10 aliphatic carbocycles. The van der Waals surface area contributed by atoms with Gasteiger partial charge in [-0.3, -0.25) is 9.59 Å². The van der Waals surface area contributed by atoms with Crippen molar-refractivity contribution < 1.29 is 18.4 Å². The highest BCUT2D eigenvalue weighted by Crippen LogP contribution is 2.68. The normalized spacial score (nSPS) is 37.8. The van der Waals surface area contributed by atoms with E-state index in [4.69, 9.17) is 0 Å². The summed E-state index contributed by atoms with van der Waals surface area (Å²) < 4.78 is 32.7. The predicted molar refractivity (Wildman–Crippen MR) is 399 cm³/mol. The van der Waals surface area contributed by atoms with Crippen LogP contribution >= 0.6 is 0 Å². The Morgan fingerprint density at radius 2 is 0.372 bits per heavy atom. The molecule has 10 saturated carbocycles. The number of alkyl halides is 2. The summed E-state index contributed by atoms with van der Waals surface area (Å²) in [7, 11) is 0. The zero-order valence-electron chi connectivity index (χ0n) is 63.3. The third kappa shape index (κ3) is 20.7. The summed E-state index contributed by atoms with van der Waals surface area (Å²) in [6.07, 6.45) is 85.4. The minimum absolute atomic E-state index is 0.390. The molecule has 0 aliphatic heterocycles. The molecule has 0 amide bonds. The van der Waals surface area contributed by atoms with E-state index in [2.05, 4.69) is 27.7 Å². The van der Waals surface area contributed by atoms with Crippen LogP contribution < -0.4 is 0 Å². The summed E-state index contributed by atoms with van der Waals surface area (Å²) in [6, 6.07) is 0. The molecule has 0 saturated heterocycles. The van der Waals surface area contributed by atoms with Crippen molar-refractivity contribution >= 4 is 11.6 Å². The molecule has 0 aromatic rings. The maximum Gasteiger partial charge on any atom is 0.151 e. The zero-order chi connectivity index (χ0) is 65.9. The lowest BCUT2D eigenvalue weighted by Crippen LogP contribution is -2.69. The van der Waals surface area contributed by atoms with Crippen LogP contribution in [0.2, 0.25) is 0 Å². The standard InChI is InChI=1S/C46H81FO.C44H77FO/c1-3-5-7-9-11-13-15-17-19-37-21-25-39(26-22-37)41-29-33-45(34-30-41)43(47)46(44(45)48)35-31-42(32-36-46)40-27-23-38(24-28-40)20-18-16-14-12-10-8-6-4-2;1-3-5-7-9-11-13-15-17-35-19-23-37(24-20-35)39-27-31-43(32-28-39)41(45)44(42(43)46)33-29-40(30-34-44)38-25-21-36(22-26-38)18-16-14-12-10-8-6-4-2/h37-43H,3-36H2,1-2H3;35-41H,3-34H2,1-2H3. The number of hydrogen-bond donors (Lipinski definition) is 0. The smallest absolute Gasteiger partial charge is 0.151 e. The van der Waals surface area contributed by atoms with Crippen LogP contribution in [0.1, 0.15) is 451 Å². The van der Waals surface area contributed by atoms with Gasteiger partial charge in [0.15, 0.2) is 11.6 Å². The van der Waals surface area contributed by atoms with Gasteiger partial charge in [-0.25, -0.2) is 8.78 Å². The molecule has 0 aromatic carbocycles. The highest BCUT2D eigenvalue weighted by Gasteiger charge is 2.73. The van der Waals surface area contributed by atoms with Crippen LogP contribution in [-0.2, 0) is 9.59 Å². The second-order valence-corrected chi connectivity index (χ2v) is 36.8. The summed E-state index contributed by atoms with van der Waals surface area (Å²) in [6.45, 7) is 9.21. The molecule has 94 heavy (non-hydrogen) atoms. The Morgan fingerprint density at radius 3 is 0.532 bits per heavy atom. The topological polar surface area (TPSA) is 34.1 Å². The number of hydrogen-bond acceptors (Lipinski definition) is 2. The highest BCUT2D eigenvalue weighted by molar-refractivity contribution is 5.99. The van der Waals surface area contributed by atoms with Crippen LogP contribution in [0.15, 0.2) is 0 Å². The minimum atomic E-state index is -0.843. The fourth-order valence-corrected chi connectivity index (χ4v) is 24.5. The Bertz CT molecular complexity index is 1870.